The Morgan fingerprint density at radius 2 is 2.36 bits per heavy atom. The molecule has 2 aliphatic rings. The Kier molecular flexibility index (Phi) is 0.823. The van der Waals surface area contributed by atoms with Gasteiger partial charge in [0.2, 0.25) is 0 Å². The minimum atomic E-state index is 0.435. The molecule has 0 saturated heterocycles. The molecule has 1 aliphatic carbocycles. The summed E-state index contributed by atoms with van der Waals surface area (Å²) in [7, 11) is 0. The maximum absolute atomic E-state index is 5.54. The van der Waals surface area contributed by atoms with Crippen LogP contribution in [0.2, 0.25) is 0 Å². The quantitative estimate of drug-likeness (QED) is 0.542. The lowest BCUT2D eigenvalue weighted by Gasteiger charge is -2.00. The smallest absolute Gasteiger partial charge is 0.123 e. The number of hydrogen-bond donors (Lipinski definition) is 0. The molecule has 1 aromatic carbocycles. The second-order valence-electron chi connectivity index (χ2n) is 3.49. The van der Waals surface area contributed by atoms with E-state index in [2.05, 4.69) is 12.1 Å². The molecule has 0 bridgehead atoms. The van der Waals surface area contributed by atoms with E-state index < -0.39 is 0 Å². The van der Waals surface area contributed by atoms with Crippen LogP contribution in [0, 0.1) is 6.07 Å². The summed E-state index contributed by atoms with van der Waals surface area (Å²) < 4.78 is 5.54. The third kappa shape index (κ3) is 0.609. The van der Waals surface area contributed by atoms with Gasteiger partial charge in [-0.2, -0.15) is 0 Å². The van der Waals surface area contributed by atoms with Gasteiger partial charge in [0.1, 0.15) is 5.75 Å². The van der Waals surface area contributed by atoms with E-state index in [0.717, 1.165) is 12.4 Å². The fourth-order valence-electron chi connectivity index (χ4n) is 1.83. The average Bonchev–Trinajstić information content (AvgIpc) is 2.72. The third-order valence-electron chi connectivity index (χ3n) is 2.75. The summed E-state index contributed by atoms with van der Waals surface area (Å²) in [5, 5.41) is 0. The van der Waals surface area contributed by atoms with Crippen LogP contribution in [0.1, 0.15) is 18.4 Å². The number of fused-ring (bicyclic) bond motifs is 2. The molecule has 55 valence electrons. The number of rotatable bonds is 0. The Morgan fingerprint density at radius 3 is 3.18 bits per heavy atom. The zero-order valence-corrected chi connectivity index (χ0v) is 6.26. The van der Waals surface area contributed by atoms with Crippen molar-refractivity contribution in [2.24, 2.45) is 0 Å². The maximum Gasteiger partial charge on any atom is 0.123 e. The Balaban J connectivity index is 2.21. The Bertz CT molecular complexity index is 299. The zero-order valence-electron chi connectivity index (χ0n) is 6.26. The van der Waals surface area contributed by atoms with Gasteiger partial charge < -0.3 is 4.74 Å². The fraction of sp³-hybridized carbons (Fsp3) is 0.400. The van der Waals surface area contributed by atoms with Crippen LogP contribution in [0.25, 0.3) is 0 Å². The topological polar surface area (TPSA) is 9.23 Å². The molecule has 0 aromatic heterocycles. The van der Waals surface area contributed by atoms with Crippen LogP contribution < -0.4 is 4.74 Å². The van der Waals surface area contributed by atoms with Gasteiger partial charge in [-0.15, -0.1) is 0 Å². The molecule has 3 rings (SSSR count). The van der Waals surface area contributed by atoms with E-state index in [-0.39, 0.29) is 0 Å². The van der Waals surface area contributed by atoms with Gasteiger partial charge in [-0.3, -0.25) is 0 Å². The van der Waals surface area contributed by atoms with Gasteiger partial charge in [0, 0.05) is 11.0 Å². The highest BCUT2D eigenvalue weighted by Gasteiger charge is 2.50. The van der Waals surface area contributed by atoms with E-state index in [1.165, 1.54) is 18.4 Å². The molecule has 0 unspecified atom stereocenters. The molecule has 1 spiro atoms. The highest BCUT2D eigenvalue weighted by molar-refractivity contribution is 5.46. The summed E-state index contributed by atoms with van der Waals surface area (Å²) in [6.45, 7) is 0.903. The van der Waals surface area contributed by atoms with Gasteiger partial charge in [0.15, 0.2) is 0 Å². The molecule has 1 heterocycles. The summed E-state index contributed by atoms with van der Waals surface area (Å²) in [4.78, 5) is 0. The molecule has 1 nitrogen and oxygen atoms in total. The first-order valence-electron chi connectivity index (χ1n) is 4.04. The monoisotopic (exact) mass is 145 g/mol. The molecule has 1 radical (unpaired) electrons. The molecule has 0 amide bonds. The van der Waals surface area contributed by atoms with Crippen molar-refractivity contribution >= 4 is 0 Å². The van der Waals surface area contributed by atoms with Crippen molar-refractivity contribution in [3.8, 4) is 5.75 Å². The summed E-state index contributed by atoms with van der Waals surface area (Å²) in [5.41, 5.74) is 1.85. The first kappa shape index (κ1) is 5.64. The Labute approximate surface area is 66.0 Å². The lowest BCUT2D eigenvalue weighted by Crippen LogP contribution is -2.06. The predicted octanol–water partition coefficient (Wildman–Crippen LogP) is 1.91. The summed E-state index contributed by atoms with van der Waals surface area (Å²) in [6.07, 6.45) is 2.62. The Hall–Kier alpha value is -0.980. The van der Waals surface area contributed by atoms with Gasteiger partial charge >= 0.3 is 0 Å². The largest absolute Gasteiger partial charge is 0.492 e. The first-order valence-corrected chi connectivity index (χ1v) is 4.04. The summed E-state index contributed by atoms with van der Waals surface area (Å²) >= 11 is 0. The van der Waals surface area contributed by atoms with E-state index in [0.29, 0.717) is 5.41 Å². The van der Waals surface area contributed by atoms with Crippen molar-refractivity contribution < 1.29 is 4.74 Å². The van der Waals surface area contributed by atoms with Crippen molar-refractivity contribution in [3.05, 3.63) is 29.8 Å². The third-order valence-corrected chi connectivity index (χ3v) is 2.75. The lowest BCUT2D eigenvalue weighted by atomic mass is 9.99. The van der Waals surface area contributed by atoms with Crippen LogP contribution in [-0.2, 0) is 5.41 Å². The first-order chi connectivity index (χ1) is 5.41. The van der Waals surface area contributed by atoms with Crippen LogP contribution in [0.15, 0.2) is 18.2 Å². The van der Waals surface area contributed by atoms with Crippen molar-refractivity contribution in [1.82, 2.24) is 0 Å². The standard InChI is InChI=1S/C10H9O/c1-2-4-9-8(3-1)10(5-6-10)7-11-9/h1,3-4H,5-7H2. The molecule has 0 N–H and O–H groups in total. The highest BCUT2D eigenvalue weighted by atomic mass is 16.5. The molecule has 1 aromatic rings. The van der Waals surface area contributed by atoms with E-state index in [4.69, 9.17) is 4.74 Å². The van der Waals surface area contributed by atoms with Crippen LogP contribution in [-0.4, -0.2) is 6.61 Å². The van der Waals surface area contributed by atoms with E-state index in [1.807, 2.05) is 12.1 Å². The average molecular weight is 145 g/mol. The number of benzene rings is 1. The second-order valence-corrected chi connectivity index (χ2v) is 3.49. The van der Waals surface area contributed by atoms with Crippen molar-refractivity contribution in [2.75, 3.05) is 6.61 Å². The molecule has 0 atom stereocenters. The predicted molar refractivity (Wildman–Crippen MR) is 41.7 cm³/mol. The highest BCUT2D eigenvalue weighted by Crippen LogP contribution is 2.54. The fourth-order valence-corrected chi connectivity index (χ4v) is 1.83. The molecule has 1 aliphatic heterocycles. The summed E-state index contributed by atoms with van der Waals surface area (Å²) in [5.74, 6) is 1.06. The molecule has 1 fully saturated rings. The zero-order chi connectivity index (χ0) is 7.31. The summed E-state index contributed by atoms with van der Waals surface area (Å²) in [6, 6.07) is 9.11. The maximum atomic E-state index is 5.54. The van der Waals surface area contributed by atoms with E-state index in [9.17, 15) is 0 Å². The SMILES string of the molecule is [c]1ccc2c(c1)OCC21CC1. The Morgan fingerprint density at radius 1 is 1.45 bits per heavy atom. The van der Waals surface area contributed by atoms with Gasteiger partial charge in [-0.05, 0) is 25.0 Å². The van der Waals surface area contributed by atoms with Crippen molar-refractivity contribution in [1.29, 1.82) is 0 Å². The molecule has 11 heavy (non-hydrogen) atoms. The number of hydrogen-bond acceptors (Lipinski definition) is 1. The van der Waals surface area contributed by atoms with Gasteiger partial charge in [0.05, 0.1) is 6.61 Å². The molecular formula is C10H9O. The minimum Gasteiger partial charge on any atom is -0.492 e. The van der Waals surface area contributed by atoms with Gasteiger partial charge in [-0.25, -0.2) is 0 Å². The van der Waals surface area contributed by atoms with E-state index in [1.54, 1.807) is 0 Å². The number of ether oxygens (including phenoxy) is 1. The molecule has 1 heteroatoms. The van der Waals surface area contributed by atoms with Crippen LogP contribution in [0.4, 0.5) is 0 Å². The lowest BCUT2D eigenvalue weighted by molar-refractivity contribution is 0.323. The minimum absolute atomic E-state index is 0.435. The van der Waals surface area contributed by atoms with E-state index >= 15 is 0 Å². The van der Waals surface area contributed by atoms with Crippen LogP contribution in [0.3, 0.4) is 0 Å². The normalized spacial score (nSPS) is 22.9. The second kappa shape index (κ2) is 1.60. The van der Waals surface area contributed by atoms with Crippen LogP contribution >= 0.6 is 0 Å². The van der Waals surface area contributed by atoms with Gasteiger partial charge in [0.25, 0.3) is 0 Å². The van der Waals surface area contributed by atoms with Crippen molar-refractivity contribution in [2.45, 2.75) is 18.3 Å². The molecule has 1 saturated carbocycles. The van der Waals surface area contributed by atoms with Crippen LogP contribution in [0.5, 0.6) is 5.75 Å². The molecular weight excluding hydrogens is 136 g/mol. The van der Waals surface area contributed by atoms with Gasteiger partial charge in [-0.1, -0.05) is 12.1 Å². The van der Waals surface area contributed by atoms with Crippen molar-refractivity contribution in [3.63, 3.8) is 0 Å².